The lowest BCUT2D eigenvalue weighted by Gasteiger charge is -2.22. The first kappa shape index (κ1) is 13.7. The third kappa shape index (κ3) is 3.07. The van der Waals surface area contributed by atoms with Gasteiger partial charge in [-0.1, -0.05) is 6.07 Å². The highest BCUT2D eigenvalue weighted by Crippen LogP contribution is 2.30. The van der Waals surface area contributed by atoms with Crippen LogP contribution in [0, 0.1) is 11.6 Å². The molecule has 21 heavy (non-hydrogen) atoms. The number of amides is 1. The monoisotopic (exact) mass is 288 g/mol. The van der Waals surface area contributed by atoms with Gasteiger partial charge in [0.2, 0.25) is 0 Å². The highest BCUT2D eigenvalue weighted by Gasteiger charge is 2.34. The summed E-state index contributed by atoms with van der Waals surface area (Å²) in [5, 5.41) is 0. The van der Waals surface area contributed by atoms with E-state index in [0.717, 1.165) is 30.7 Å². The Morgan fingerprint density at radius 2 is 2.05 bits per heavy atom. The van der Waals surface area contributed by atoms with Gasteiger partial charge in [0.1, 0.15) is 11.6 Å². The molecule has 3 rings (SSSR count). The summed E-state index contributed by atoms with van der Waals surface area (Å²) >= 11 is 0. The molecule has 0 spiro atoms. The summed E-state index contributed by atoms with van der Waals surface area (Å²) in [5.41, 5.74) is 0.652. The molecule has 5 heteroatoms. The quantitative estimate of drug-likeness (QED) is 0.865. The molecule has 3 nitrogen and oxygen atoms in total. The van der Waals surface area contributed by atoms with E-state index in [2.05, 4.69) is 4.98 Å². The molecule has 0 saturated heterocycles. The standard InChI is InChI=1S/C16H14F2N2O/c17-11-4-7-14(15(18)9-11)16(21)20(13-5-6-13)10-12-3-1-2-8-19-12/h1-4,7-9,13H,5-6,10H2. The van der Waals surface area contributed by atoms with E-state index in [1.807, 2.05) is 12.1 Å². The molecule has 1 heterocycles. The first-order chi connectivity index (χ1) is 10.1. The Labute approximate surface area is 121 Å². The van der Waals surface area contributed by atoms with Crippen molar-refractivity contribution in [2.75, 3.05) is 0 Å². The first-order valence-corrected chi connectivity index (χ1v) is 6.81. The average Bonchev–Trinajstić information content (AvgIpc) is 3.30. The van der Waals surface area contributed by atoms with Gasteiger partial charge in [-0.3, -0.25) is 9.78 Å². The summed E-state index contributed by atoms with van der Waals surface area (Å²) in [6, 6.07) is 8.61. The van der Waals surface area contributed by atoms with Crippen LogP contribution in [0.15, 0.2) is 42.6 Å². The Balaban J connectivity index is 1.85. The van der Waals surface area contributed by atoms with Crippen LogP contribution in [0.4, 0.5) is 8.78 Å². The number of carbonyl (C=O) groups is 1. The Hall–Kier alpha value is -2.30. The molecule has 1 aliphatic rings. The van der Waals surface area contributed by atoms with Crippen LogP contribution in [0.3, 0.4) is 0 Å². The van der Waals surface area contributed by atoms with Crippen LogP contribution >= 0.6 is 0 Å². The van der Waals surface area contributed by atoms with Crippen molar-refractivity contribution in [1.29, 1.82) is 0 Å². The predicted octanol–water partition coefficient (Wildman–Crippen LogP) is 3.16. The number of rotatable bonds is 4. The summed E-state index contributed by atoms with van der Waals surface area (Å²) in [6.07, 6.45) is 3.46. The number of benzene rings is 1. The minimum atomic E-state index is -0.827. The van der Waals surface area contributed by atoms with Gasteiger partial charge in [-0.15, -0.1) is 0 Å². The molecule has 0 bridgehead atoms. The third-order valence-electron chi connectivity index (χ3n) is 3.47. The molecule has 0 unspecified atom stereocenters. The Morgan fingerprint density at radius 3 is 2.67 bits per heavy atom. The number of hydrogen-bond donors (Lipinski definition) is 0. The molecule has 1 aromatic heterocycles. The van der Waals surface area contributed by atoms with Crippen LogP contribution in [0.25, 0.3) is 0 Å². The first-order valence-electron chi connectivity index (χ1n) is 6.81. The molecule has 108 valence electrons. The van der Waals surface area contributed by atoms with Gasteiger partial charge < -0.3 is 4.90 Å². The maximum absolute atomic E-state index is 13.8. The fraction of sp³-hybridized carbons (Fsp3) is 0.250. The second-order valence-corrected chi connectivity index (χ2v) is 5.11. The van der Waals surface area contributed by atoms with Gasteiger partial charge in [0, 0.05) is 18.3 Å². The van der Waals surface area contributed by atoms with Gasteiger partial charge in [0.25, 0.3) is 5.91 Å². The Kier molecular flexibility index (Phi) is 3.64. The highest BCUT2D eigenvalue weighted by molar-refractivity contribution is 5.94. The van der Waals surface area contributed by atoms with E-state index >= 15 is 0 Å². The minimum Gasteiger partial charge on any atom is -0.330 e. The van der Waals surface area contributed by atoms with Crippen molar-refractivity contribution in [1.82, 2.24) is 9.88 Å². The number of hydrogen-bond acceptors (Lipinski definition) is 2. The predicted molar refractivity (Wildman–Crippen MR) is 73.5 cm³/mol. The molecular formula is C16H14F2N2O. The second-order valence-electron chi connectivity index (χ2n) is 5.11. The van der Waals surface area contributed by atoms with E-state index in [1.165, 1.54) is 6.07 Å². The molecule has 0 aliphatic heterocycles. The fourth-order valence-corrected chi connectivity index (χ4v) is 2.24. The van der Waals surface area contributed by atoms with Crippen LogP contribution in [0.1, 0.15) is 28.9 Å². The molecule has 1 saturated carbocycles. The molecule has 0 radical (unpaired) electrons. The smallest absolute Gasteiger partial charge is 0.257 e. The number of nitrogens with zero attached hydrogens (tertiary/aromatic N) is 2. The lowest BCUT2D eigenvalue weighted by Crippen LogP contribution is -2.33. The normalized spacial score (nSPS) is 14.0. The van der Waals surface area contributed by atoms with Gasteiger partial charge in [0.15, 0.2) is 0 Å². The summed E-state index contributed by atoms with van der Waals surface area (Å²) in [4.78, 5) is 18.3. The highest BCUT2D eigenvalue weighted by atomic mass is 19.1. The third-order valence-corrected chi connectivity index (χ3v) is 3.47. The zero-order valence-corrected chi connectivity index (χ0v) is 11.3. The zero-order chi connectivity index (χ0) is 14.8. The second kappa shape index (κ2) is 5.60. The SMILES string of the molecule is O=C(c1ccc(F)cc1F)N(Cc1ccccn1)C1CC1. The van der Waals surface area contributed by atoms with Gasteiger partial charge in [-0.2, -0.15) is 0 Å². The lowest BCUT2D eigenvalue weighted by atomic mass is 10.1. The number of pyridine rings is 1. The Morgan fingerprint density at radius 1 is 1.24 bits per heavy atom. The van der Waals surface area contributed by atoms with E-state index in [9.17, 15) is 13.6 Å². The summed E-state index contributed by atoms with van der Waals surface area (Å²) < 4.78 is 26.7. The van der Waals surface area contributed by atoms with E-state index in [-0.39, 0.29) is 11.6 Å². The molecule has 0 atom stereocenters. The summed E-state index contributed by atoms with van der Waals surface area (Å²) in [5.74, 6) is -1.93. The molecule has 1 aromatic carbocycles. The van der Waals surface area contributed by atoms with Crippen molar-refractivity contribution in [2.45, 2.75) is 25.4 Å². The molecule has 1 amide bonds. The van der Waals surface area contributed by atoms with Crippen LogP contribution in [0.5, 0.6) is 0 Å². The van der Waals surface area contributed by atoms with Gasteiger partial charge in [-0.05, 0) is 37.1 Å². The van der Waals surface area contributed by atoms with Crippen molar-refractivity contribution in [3.63, 3.8) is 0 Å². The molecule has 1 fully saturated rings. The molecule has 0 N–H and O–H groups in total. The van der Waals surface area contributed by atoms with Crippen molar-refractivity contribution in [3.8, 4) is 0 Å². The van der Waals surface area contributed by atoms with E-state index in [4.69, 9.17) is 0 Å². The van der Waals surface area contributed by atoms with Crippen molar-refractivity contribution < 1.29 is 13.6 Å². The maximum atomic E-state index is 13.8. The zero-order valence-electron chi connectivity index (χ0n) is 11.3. The van der Waals surface area contributed by atoms with E-state index in [1.54, 1.807) is 17.2 Å². The van der Waals surface area contributed by atoms with Gasteiger partial charge >= 0.3 is 0 Å². The summed E-state index contributed by atoms with van der Waals surface area (Å²) in [7, 11) is 0. The van der Waals surface area contributed by atoms with E-state index < -0.39 is 17.5 Å². The largest absolute Gasteiger partial charge is 0.330 e. The van der Waals surface area contributed by atoms with Crippen LogP contribution in [-0.4, -0.2) is 21.8 Å². The van der Waals surface area contributed by atoms with Gasteiger partial charge in [-0.25, -0.2) is 8.78 Å². The molecule has 2 aromatic rings. The fourth-order valence-electron chi connectivity index (χ4n) is 2.24. The van der Waals surface area contributed by atoms with Crippen LogP contribution in [-0.2, 0) is 6.54 Å². The van der Waals surface area contributed by atoms with Crippen molar-refractivity contribution >= 4 is 5.91 Å². The van der Waals surface area contributed by atoms with E-state index in [0.29, 0.717) is 6.54 Å². The van der Waals surface area contributed by atoms with Crippen molar-refractivity contribution in [3.05, 3.63) is 65.5 Å². The maximum Gasteiger partial charge on any atom is 0.257 e. The topological polar surface area (TPSA) is 33.2 Å². The number of carbonyl (C=O) groups excluding carboxylic acids is 1. The minimum absolute atomic E-state index is 0.0979. The molecular weight excluding hydrogens is 274 g/mol. The molecule has 1 aliphatic carbocycles. The lowest BCUT2D eigenvalue weighted by molar-refractivity contribution is 0.0723. The van der Waals surface area contributed by atoms with Gasteiger partial charge in [0.05, 0.1) is 17.8 Å². The average molecular weight is 288 g/mol. The van der Waals surface area contributed by atoms with Crippen molar-refractivity contribution in [2.24, 2.45) is 0 Å². The Bertz CT molecular complexity index is 657. The summed E-state index contributed by atoms with van der Waals surface area (Å²) in [6.45, 7) is 0.334. The number of aromatic nitrogens is 1. The van der Waals surface area contributed by atoms with Crippen LogP contribution < -0.4 is 0 Å². The number of halogens is 2. The van der Waals surface area contributed by atoms with Crippen LogP contribution in [0.2, 0.25) is 0 Å².